The first kappa shape index (κ1) is 78.2. The van der Waals surface area contributed by atoms with Crippen LogP contribution in [0, 0.1) is 0 Å². The van der Waals surface area contributed by atoms with E-state index in [1.807, 2.05) is 152 Å². The number of rotatable bonds is 46. The Morgan fingerprint density at radius 2 is 0.433 bits per heavy atom. The lowest BCUT2D eigenvalue weighted by molar-refractivity contribution is -0.146. The Kier molecular flexibility index (Phi) is 36.3. The van der Waals surface area contributed by atoms with Gasteiger partial charge in [-0.2, -0.15) is 0 Å². The van der Waals surface area contributed by atoms with Crippen molar-refractivity contribution in [2.45, 2.75) is 62.3 Å². The molecule has 5 rings (SSSR count). The van der Waals surface area contributed by atoms with Gasteiger partial charge < -0.3 is 78.9 Å². The fourth-order valence-corrected chi connectivity index (χ4v) is 9.56. The number of nitrogens with zero attached hydrogens (tertiary/aromatic N) is 3. The number of amides is 5. The molecule has 0 aliphatic heterocycles. The quantitative estimate of drug-likeness (QED) is 0.0115. The smallest absolute Gasteiger partial charge is 0.323 e. The van der Waals surface area contributed by atoms with Crippen molar-refractivity contribution < 1.29 is 71.6 Å². The van der Waals surface area contributed by atoms with Crippen LogP contribution in [0.1, 0.15) is 27.8 Å². The molecule has 0 saturated carbocycles. The van der Waals surface area contributed by atoms with E-state index in [0.29, 0.717) is 0 Å². The zero-order valence-electron chi connectivity index (χ0n) is 54.6. The van der Waals surface area contributed by atoms with E-state index in [-0.39, 0.29) is 157 Å². The van der Waals surface area contributed by atoms with E-state index in [0.717, 1.165) is 27.8 Å². The fraction of sp³-hybridized carbons (Fsp3) is 0.420. The first-order valence-corrected chi connectivity index (χ1v) is 32.1. The van der Waals surface area contributed by atoms with Gasteiger partial charge in [0.2, 0.25) is 29.5 Å². The van der Waals surface area contributed by atoms with Gasteiger partial charge in [-0.3, -0.25) is 62.6 Å². The van der Waals surface area contributed by atoms with Crippen molar-refractivity contribution in [1.29, 1.82) is 0 Å². The van der Waals surface area contributed by atoms with Gasteiger partial charge in [0.15, 0.2) is 0 Å². The molecule has 524 valence electrons. The molecule has 0 fully saturated rings. The molecule has 5 aromatic rings. The monoisotopic (exact) mass is 1340 g/mol. The number of carbonyl (C=O) groups excluding carboxylic acids is 10. The van der Waals surface area contributed by atoms with Crippen LogP contribution in [0.4, 0.5) is 0 Å². The molecule has 28 heteroatoms. The highest BCUT2D eigenvalue weighted by atomic mass is 16.6. The van der Waals surface area contributed by atoms with Crippen LogP contribution in [0.5, 0.6) is 0 Å². The topological polar surface area (TPSA) is 417 Å². The lowest BCUT2D eigenvalue weighted by Gasteiger charge is -2.29. The van der Waals surface area contributed by atoms with Gasteiger partial charge in [0.1, 0.15) is 63.2 Å². The van der Waals surface area contributed by atoms with Crippen molar-refractivity contribution in [2.24, 2.45) is 28.7 Å². The lowest BCUT2D eigenvalue weighted by atomic mass is 10.1. The summed E-state index contributed by atoms with van der Waals surface area (Å²) in [7, 11) is 0. The van der Waals surface area contributed by atoms with Gasteiger partial charge in [-0.1, -0.05) is 152 Å². The zero-order chi connectivity index (χ0) is 70.0. The summed E-state index contributed by atoms with van der Waals surface area (Å²) in [5.41, 5.74) is 34.7. The molecule has 5 amide bonds. The third kappa shape index (κ3) is 33.6. The zero-order valence-corrected chi connectivity index (χ0v) is 54.6. The molecule has 0 spiro atoms. The maximum atomic E-state index is 13.8. The number of ether oxygens (including phenoxy) is 5. The largest absolute Gasteiger partial charge is 0.463 e. The summed E-state index contributed by atoms with van der Waals surface area (Å²) < 4.78 is 26.7. The molecule has 5 unspecified atom stereocenters. The van der Waals surface area contributed by atoms with Gasteiger partial charge in [0.05, 0.1) is 65.4 Å². The van der Waals surface area contributed by atoms with Crippen LogP contribution in [-0.2, 0) is 104 Å². The molecule has 0 saturated heterocycles. The molecule has 0 aliphatic carbocycles. The average molecular weight is 1340 g/mol. The summed E-state index contributed by atoms with van der Waals surface area (Å²) in [4.78, 5) is 137. The first-order valence-electron chi connectivity index (χ1n) is 32.1. The van der Waals surface area contributed by atoms with Crippen molar-refractivity contribution in [2.75, 3.05) is 125 Å². The van der Waals surface area contributed by atoms with Crippen molar-refractivity contribution >= 4 is 59.4 Å². The number of carbonyl (C=O) groups is 10. The van der Waals surface area contributed by atoms with E-state index in [4.69, 9.17) is 52.4 Å². The van der Waals surface area contributed by atoms with Crippen molar-refractivity contribution in [1.82, 2.24) is 41.3 Å². The van der Waals surface area contributed by atoms with E-state index >= 15 is 0 Å². The molecule has 0 radical (unpaired) electrons. The second-order valence-corrected chi connectivity index (χ2v) is 22.8. The van der Waals surface area contributed by atoms with Crippen LogP contribution in [0.2, 0.25) is 0 Å². The molecule has 0 aliphatic rings. The van der Waals surface area contributed by atoms with E-state index in [9.17, 15) is 47.9 Å². The molecule has 28 nitrogen and oxygen atoms in total. The summed E-state index contributed by atoms with van der Waals surface area (Å²) in [6.07, 6.45) is 1.15. The Labute approximate surface area is 565 Å². The second-order valence-electron chi connectivity index (χ2n) is 22.8. The number of hydrogen-bond acceptors (Lipinski definition) is 23. The molecule has 0 bridgehead atoms. The Balaban J connectivity index is 1.27. The van der Waals surface area contributed by atoms with Crippen LogP contribution < -0.4 is 55.3 Å². The standard InChI is InChI=1S/C69H93N13O15/c70-55(40-50-16-6-1-7-17-50)65(88)93-35-26-75-60(83)45-80(31-33-81(46-61(84)76-27-36-94-66(89)56(71)41-51-18-8-2-9-19-51)47-62(85)77-28-37-95-67(90)57(72)42-52-20-10-3-11-21-52)32-34-82(48-63(86)78-29-38-96-68(91)58(73)43-53-22-12-4-13-23-53)49-64(87)79-30-39-97-69(92)59(74)44-54-24-14-5-15-25-54/h1-25,55-59H,26-49,70-74H2,(H,75,83)(H,76,84)(H,77,85)(H,78,86)(H,79,87). The molecule has 0 heterocycles. The van der Waals surface area contributed by atoms with Crippen molar-refractivity contribution in [3.05, 3.63) is 179 Å². The summed E-state index contributed by atoms with van der Waals surface area (Å²) in [5, 5.41) is 13.5. The fourth-order valence-electron chi connectivity index (χ4n) is 9.56. The van der Waals surface area contributed by atoms with Gasteiger partial charge in [0, 0.05) is 26.2 Å². The Hall–Kier alpha value is -9.52. The molecule has 97 heavy (non-hydrogen) atoms. The van der Waals surface area contributed by atoms with Gasteiger partial charge in [-0.25, -0.2) is 0 Å². The molecular weight excluding hydrogens is 1250 g/mol. The summed E-state index contributed by atoms with van der Waals surface area (Å²) >= 11 is 0. The predicted molar refractivity (Wildman–Crippen MR) is 360 cm³/mol. The summed E-state index contributed by atoms with van der Waals surface area (Å²) in [6.45, 7) is -3.66. The molecular formula is C69H93N13O15. The van der Waals surface area contributed by atoms with Gasteiger partial charge in [-0.05, 0) is 59.9 Å². The lowest BCUT2D eigenvalue weighted by Crippen LogP contribution is -2.50. The average Bonchev–Trinajstić information content (AvgIpc) is 1.54. The van der Waals surface area contributed by atoms with Crippen LogP contribution in [0.3, 0.4) is 0 Å². The third-order valence-electron chi connectivity index (χ3n) is 14.6. The minimum absolute atomic E-state index is 0.0209. The molecule has 5 atom stereocenters. The highest BCUT2D eigenvalue weighted by Crippen LogP contribution is 2.08. The van der Waals surface area contributed by atoms with Gasteiger partial charge in [-0.15, -0.1) is 0 Å². The predicted octanol–water partition coefficient (Wildman–Crippen LogP) is -1.96. The van der Waals surface area contributed by atoms with Crippen LogP contribution in [-0.4, -0.2) is 229 Å². The number of nitrogens with one attached hydrogen (secondary N) is 5. The first-order chi connectivity index (χ1) is 46.8. The normalized spacial score (nSPS) is 12.6. The SMILES string of the molecule is NC(Cc1ccccc1)C(=O)OCCNC(=O)CN(CCN(CC(=O)NCCOC(=O)C(N)Cc1ccccc1)CC(=O)NCCOC(=O)C(N)Cc1ccccc1)CCN(CC(=O)NCCOC(=O)C(N)Cc1ccccc1)CC(=O)NCCOC(=O)C(N)Cc1ccccc1. The second kappa shape index (κ2) is 45.0. The maximum absolute atomic E-state index is 13.8. The van der Waals surface area contributed by atoms with Crippen molar-refractivity contribution in [3.8, 4) is 0 Å². The van der Waals surface area contributed by atoms with E-state index in [2.05, 4.69) is 26.6 Å². The van der Waals surface area contributed by atoms with E-state index in [1.165, 1.54) is 9.80 Å². The Bertz CT molecular complexity index is 2870. The number of nitrogens with two attached hydrogens (primary N) is 5. The van der Waals surface area contributed by atoms with Crippen LogP contribution in [0.15, 0.2) is 152 Å². The van der Waals surface area contributed by atoms with Gasteiger partial charge in [0.25, 0.3) is 0 Å². The third-order valence-corrected chi connectivity index (χ3v) is 14.6. The summed E-state index contributed by atoms with van der Waals surface area (Å²) in [5.74, 6) is -6.20. The van der Waals surface area contributed by atoms with E-state index < -0.39 is 89.6 Å². The Morgan fingerprint density at radius 1 is 0.268 bits per heavy atom. The molecule has 0 aromatic heterocycles. The minimum atomic E-state index is -0.968. The maximum Gasteiger partial charge on any atom is 0.323 e. The van der Waals surface area contributed by atoms with Gasteiger partial charge >= 0.3 is 29.8 Å². The van der Waals surface area contributed by atoms with E-state index in [1.54, 1.807) is 4.90 Å². The van der Waals surface area contributed by atoms with Crippen LogP contribution in [0.25, 0.3) is 0 Å². The highest BCUT2D eigenvalue weighted by molar-refractivity contribution is 5.83. The highest BCUT2D eigenvalue weighted by Gasteiger charge is 2.24. The van der Waals surface area contributed by atoms with Crippen LogP contribution >= 0.6 is 0 Å². The minimum Gasteiger partial charge on any atom is -0.463 e. The Morgan fingerprint density at radius 3 is 0.619 bits per heavy atom. The number of hydrogen-bond donors (Lipinski definition) is 10. The van der Waals surface area contributed by atoms with Crippen molar-refractivity contribution in [3.63, 3.8) is 0 Å². The number of esters is 5. The molecule has 5 aromatic carbocycles. The summed E-state index contributed by atoms with van der Waals surface area (Å²) in [6, 6.07) is 40.8. The number of benzene rings is 5. The molecule has 15 N–H and O–H groups in total.